The predicted molar refractivity (Wildman–Crippen MR) is 60.7 cm³/mol. The van der Waals surface area contributed by atoms with Crippen molar-refractivity contribution in [1.82, 2.24) is 0 Å². The monoisotopic (exact) mass is 216 g/mol. The van der Waals surface area contributed by atoms with Crippen molar-refractivity contribution in [3.05, 3.63) is 0 Å². The molecule has 0 bridgehead atoms. The van der Waals surface area contributed by atoms with Gasteiger partial charge in [0.15, 0.2) is 0 Å². The molecule has 0 aromatic carbocycles. The van der Waals surface area contributed by atoms with Crippen LogP contribution in [0.5, 0.6) is 0 Å². The lowest BCUT2D eigenvalue weighted by Gasteiger charge is -2.28. The van der Waals surface area contributed by atoms with Crippen LogP contribution in [0.2, 0.25) is 0 Å². The van der Waals surface area contributed by atoms with Gasteiger partial charge in [-0.05, 0) is 12.3 Å². The lowest BCUT2D eigenvalue weighted by atomic mass is 9.78. The minimum atomic E-state index is -0.124. The number of ether oxygens (including phenoxy) is 2. The number of rotatable bonds is 7. The van der Waals surface area contributed by atoms with Gasteiger partial charge in [-0.25, -0.2) is 0 Å². The maximum absolute atomic E-state index is 11.6. The van der Waals surface area contributed by atoms with Crippen LogP contribution in [0.3, 0.4) is 0 Å². The van der Waals surface area contributed by atoms with Crippen LogP contribution in [0.1, 0.15) is 41.0 Å². The predicted octanol–water partition coefficient (Wildman–Crippen LogP) is 2.64. The normalized spacial score (nSPS) is 13.7. The molecule has 3 heteroatoms. The minimum Gasteiger partial charge on any atom is -0.463 e. The van der Waals surface area contributed by atoms with E-state index in [2.05, 4.69) is 20.8 Å². The molecule has 0 N–H and O–H groups in total. The molecule has 0 aromatic rings. The van der Waals surface area contributed by atoms with Crippen LogP contribution < -0.4 is 0 Å². The van der Waals surface area contributed by atoms with E-state index in [9.17, 15) is 4.79 Å². The van der Waals surface area contributed by atoms with E-state index >= 15 is 0 Å². The maximum atomic E-state index is 11.6. The highest BCUT2D eigenvalue weighted by Gasteiger charge is 2.30. The Bertz CT molecular complexity index is 187. The molecule has 15 heavy (non-hydrogen) atoms. The Balaban J connectivity index is 3.89. The quantitative estimate of drug-likeness (QED) is 0.485. The van der Waals surface area contributed by atoms with Crippen LogP contribution in [0.15, 0.2) is 0 Å². The van der Waals surface area contributed by atoms with Crippen molar-refractivity contribution in [3.63, 3.8) is 0 Å². The van der Waals surface area contributed by atoms with Crippen molar-refractivity contribution in [3.8, 4) is 0 Å². The first-order valence-electron chi connectivity index (χ1n) is 5.70. The van der Waals surface area contributed by atoms with Gasteiger partial charge in [0.05, 0.1) is 12.5 Å². The highest BCUT2D eigenvalue weighted by Crippen LogP contribution is 2.30. The van der Waals surface area contributed by atoms with Crippen LogP contribution >= 0.6 is 0 Å². The third-order valence-electron chi connectivity index (χ3n) is 3.11. The van der Waals surface area contributed by atoms with E-state index in [4.69, 9.17) is 9.47 Å². The van der Waals surface area contributed by atoms with Crippen molar-refractivity contribution in [2.24, 2.45) is 11.3 Å². The van der Waals surface area contributed by atoms with Crippen LogP contribution in [0.4, 0.5) is 0 Å². The first-order chi connectivity index (χ1) is 6.95. The third kappa shape index (κ3) is 5.17. The molecule has 0 saturated heterocycles. The molecule has 1 unspecified atom stereocenters. The van der Waals surface area contributed by atoms with Crippen molar-refractivity contribution < 1.29 is 14.3 Å². The zero-order valence-electron chi connectivity index (χ0n) is 10.6. The number of carbonyl (C=O) groups excluding carboxylic acids is 1. The molecule has 0 radical (unpaired) electrons. The van der Waals surface area contributed by atoms with E-state index in [0.717, 1.165) is 6.42 Å². The summed E-state index contributed by atoms with van der Waals surface area (Å²) in [5.41, 5.74) is 0.00268. The number of carbonyl (C=O) groups is 1. The van der Waals surface area contributed by atoms with Crippen molar-refractivity contribution in [2.75, 3.05) is 19.8 Å². The van der Waals surface area contributed by atoms with Gasteiger partial charge in [0, 0.05) is 6.61 Å². The zero-order chi connectivity index (χ0) is 11.9. The van der Waals surface area contributed by atoms with Crippen molar-refractivity contribution in [2.45, 2.75) is 41.0 Å². The van der Waals surface area contributed by atoms with Gasteiger partial charge >= 0.3 is 5.97 Å². The summed E-state index contributed by atoms with van der Waals surface area (Å²) in [5.74, 6) is -0.189. The summed E-state index contributed by atoms with van der Waals surface area (Å²) in [5, 5.41) is 0. The highest BCUT2D eigenvalue weighted by atomic mass is 16.6. The molecule has 0 heterocycles. The summed E-state index contributed by atoms with van der Waals surface area (Å²) in [6.07, 6.45) is 0.967. The van der Waals surface area contributed by atoms with Crippen molar-refractivity contribution >= 4 is 5.97 Å². The summed E-state index contributed by atoms with van der Waals surface area (Å²) in [6.45, 7) is 11.6. The van der Waals surface area contributed by atoms with Gasteiger partial charge in [-0.2, -0.15) is 0 Å². The Hall–Kier alpha value is -0.570. The molecule has 90 valence electrons. The lowest BCUT2D eigenvalue weighted by Crippen LogP contribution is -2.30. The van der Waals surface area contributed by atoms with Gasteiger partial charge in [-0.15, -0.1) is 0 Å². The van der Waals surface area contributed by atoms with Gasteiger partial charge in [0.25, 0.3) is 0 Å². The summed E-state index contributed by atoms with van der Waals surface area (Å²) in [4.78, 5) is 11.6. The molecule has 0 rings (SSSR count). The average molecular weight is 216 g/mol. The zero-order valence-corrected chi connectivity index (χ0v) is 10.6. The van der Waals surface area contributed by atoms with Crippen LogP contribution in [-0.2, 0) is 14.3 Å². The van der Waals surface area contributed by atoms with E-state index in [0.29, 0.717) is 19.8 Å². The Labute approximate surface area is 93.1 Å². The number of hydrogen-bond donors (Lipinski definition) is 0. The molecule has 0 aliphatic heterocycles. The third-order valence-corrected chi connectivity index (χ3v) is 3.11. The fraction of sp³-hybridized carbons (Fsp3) is 0.917. The molecule has 0 aromatic heterocycles. The van der Waals surface area contributed by atoms with Gasteiger partial charge < -0.3 is 9.47 Å². The minimum absolute atomic E-state index is 0.00268. The highest BCUT2D eigenvalue weighted by molar-refractivity contribution is 5.72. The molecular weight excluding hydrogens is 192 g/mol. The summed E-state index contributed by atoms with van der Waals surface area (Å²) >= 11 is 0. The Morgan fingerprint density at radius 2 is 1.87 bits per heavy atom. The van der Waals surface area contributed by atoms with E-state index < -0.39 is 0 Å². The standard InChI is InChI=1S/C12H24O3/c1-6-12(4,5)10(3)11(13)15-9-8-14-7-2/h10H,6-9H2,1-5H3. The summed E-state index contributed by atoms with van der Waals surface area (Å²) in [7, 11) is 0. The fourth-order valence-corrected chi connectivity index (χ4v) is 1.10. The van der Waals surface area contributed by atoms with E-state index in [-0.39, 0.29) is 17.3 Å². The summed E-state index contributed by atoms with van der Waals surface area (Å²) in [6, 6.07) is 0. The van der Waals surface area contributed by atoms with Crippen LogP contribution in [0.25, 0.3) is 0 Å². The second-order valence-corrected chi connectivity index (χ2v) is 4.43. The van der Waals surface area contributed by atoms with E-state index in [1.807, 2.05) is 13.8 Å². The number of esters is 1. The molecule has 0 aliphatic carbocycles. The topological polar surface area (TPSA) is 35.5 Å². The van der Waals surface area contributed by atoms with E-state index in [1.165, 1.54) is 0 Å². The first kappa shape index (κ1) is 14.4. The molecule has 1 atom stereocenters. The second kappa shape index (κ2) is 6.83. The molecule has 0 spiro atoms. The van der Waals surface area contributed by atoms with Gasteiger partial charge in [-0.1, -0.05) is 34.1 Å². The number of hydrogen-bond acceptors (Lipinski definition) is 3. The maximum Gasteiger partial charge on any atom is 0.309 e. The Morgan fingerprint density at radius 1 is 1.27 bits per heavy atom. The Morgan fingerprint density at radius 3 is 2.33 bits per heavy atom. The summed E-state index contributed by atoms with van der Waals surface area (Å²) < 4.78 is 10.2. The van der Waals surface area contributed by atoms with Crippen LogP contribution in [-0.4, -0.2) is 25.8 Å². The van der Waals surface area contributed by atoms with Crippen LogP contribution in [0, 0.1) is 11.3 Å². The largest absolute Gasteiger partial charge is 0.463 e. The van der Waals surface area contributed by atoms with Crippen molar-refractivity contribution in [1.29, 1.82) is 0 Å². The molecular formula is C12H24O3. The van der Waals surface area contributed by atoms with Gasteiger partial charge in [0.1, 0.15) is 6.61 Å². The van der Waals surface area contributed by atoms with Gasteiger partial charge in [0.2, 0.25) is 0 Å². The second-order valence-electron chi connectivity index (χ2n) is 4.43. The molecule has 0 amide bonds. The smallest absolute Gasteiger partial charge is 0.309 e. The fourth-order valence-electron chi connectivity index (χ4n) is 1.10. The van der Waals surface area contributed by atoms with E-state index in [1.54, 1.807) is 0 Å². The van der Waals surface area contributed by atoms with Gasteiger partial charge in [-0.3, -0.25) is 4.79 Å². The molecule has 0 saturated carbocycles. The SMILES string of the molecule is CCOCCOC(=O)C(C)C(C)(C)CC. The average Bonchev–Trinajstić information content (AvgIpc) is 2.23. The lowest BCUT2D eigenvalue weighted by molar-refractivity contribution is -0.153. The Kier molecular flexibility index (Phi) is 6.57. The molecule has 3 nitrogen and oxygen atoms in total. The molecule has 0 fully saturated rings. The first-order valence-corrected chi connectivity index (χ1v) is 5.70. The molecule has 0 aliphatic rings.